The second kappa shape index (κ2) is 12.8. The summed E-state index contributed by atoms with van der Waals surface area (Å²) in [7, 11) is -3.29. The van der Waals surface area contributed by atoms with Gasteiger partial charge in [0.15, 0.2) is 5.43 Å². The standard InChI is InChI=1S/C29H26F4N2O6S/c1-40-14-13-35(42(38,39)24-6-4-5-22(15-24)29(31,32)33)18-27(36)34(16-20-9-11-23(30)12-10-20)17-21-19-41-26-8-3-2-7-25(26)28(21)37/h2-12,15,19H,13-14,16-18H2,1H3. The molecule has 0 atom stereocenters. The van der Waals surface area contributed by atoms with E-state index in [0.29, 0.717) is 17.2 Å². The lowest BCUT2D eigenvalue weighted by Crippen LogP contribution is -2.44. The Morgan fingerprint density at radius 3 is 2.38 bits per heavy atom. The van der Waals surface area contributed by atoms with Gasteiger partial charge in [-0.3, -0.25) is 9.59 Å². The third-order valence-electron chi connectivity index (χ3n) is 6.41. The first-order chi connectivity index (χ1) is 19.9. The number of ether oxygens (including phenoxy) is 1. The van der Waals surface area contributed by atoms with Crippen LogP contribution in [0.1, 0.15) is 16.7 Å². The summed E-state index contributed by atoms with van der Waals surface area (Å²) in [4.78, 5) is 27.3. The van der Waals surface area contributed by atoms with Gasteiger partial charge in [0.2, 0.25) is 15.9 Å². The third kappa shape index (κ3) is 7.22. The van der Waals surface area contributed by atoms with E-state index in [1.807, 2.05) is 0 Å². The van der Waals surface area contributed by atoms with Crippen LogP contribution < -0.4 is 5.43 Å². The van der Waals surface area contributed by atoms with Gasteiger partial charge >= 0.3 is 6.18 Å². The molecule has 3 aromatic carbocycles. The van der Waals surface area contributed by atoms with Gasteiger partial charge in [0.1, 0.15) is 11.4 Å². The number of amides is 1. The van der Waals surface area contributed by atoms with Crippen molar-refractivity contribution in [3.05, 3.63) is 112 Å². The van der Waals surface area contributed by atoms with Gasteiger partial charge in [-0.25, -0.2) is 12.8 Å². The summed E-state index contributed by atoms with van der Waals surface area (Å²) in [6.45, 7) is -1.69. The fourth-order valence-corrected chi connectivity index (χ4v) is 5.61. The fourth-order valence-electron chi connectivity index (χ4n) is 4.19. The average Bonchev–Trinajstić information content (AvgIpc) is 2.96. The maximum absolute atomic E-state index is 13.7. The maximum atomic E-state index is 13.7. The minimum atomic E-state index is -4.79. The van der Waals surface area contributed by atoms with Crippen LogP contribution in [0.5, 0.6) is 0 Å². The molecule has 0 saturated heterocycles. The number of carbonyl (C=O) groups is 1. The predicted molar refractivity (Wildman–Crippen MR) is 145 cm³/mol. The first kappa shape index (κ1) is 30.9. The highest BCUT2D eigenvalue weighted by molar-refractivity contribution is 7.89. The van der Waals surface area contributed by atoms with Crippen molar-refractivity contribution < 1.29 is 39.9 Å². The lowest BCUT2D eigenvalue weighted by atomic mass is 10.1. The van der Waals surface area contributed by atoms with Crippen LogP contribution in [0.15, 0.2) is 93.2 Å². The number of nitrogens with zero attached hydrogens (tertiary/aromatic N) is 2. The van der Waals surface area contributed by atoms with Crippen LogP contribution in [0.4, 0.5) is 17.6 Å². The highest BCUT2D eigenvalue weighted by atomic mass is 32.2. The normalized spacial score (nSPS) is 12.1. The van der Waals surface area contributed by atoms with E-state index in [2.05, 4.69) is 0 Å². The zero-order valence-corrected chi connectivity index (χ0v) is 23.1. The van der Waals surface area contributed by atoms with Gasteiger partial charge in [-0.1, -0.05) is 30.3 Å². The van der Waals surface area contributed by atoms with Crippen molar-refractivity contribution in [2.45, 2.75) is 24.2 Å². The first-order valence-corrected chi connectivity index (χ1v) is 14.0. The lowest BCUT2D eigenvalue weighted by molar-refractivity contribution is -0.137. The SMILES string of the molecule is COCCN(CC(=O)N(Cc1ccc(F)cc1)Cc1coc2ccccc2c1=O)S(=O)(=O)c1cccc(C(F)(F)F)c1. The molecule has 0 spiro atoms. The van der Waals surface area contributed by atoms with Crippen molar-refractivity contribution in [3.8, 4) is 0 Å². The van der Waals surface area contributed by atoms with E-state index in [9.17, 15) is 35.6 Å². The van der Waals surface area contributed by atoms with Crippen LogP contribution in [0.2, 0.25) is 0 Å². The molecule has 0 radical (unpaired) electrons. The second-order valence-corrected chi connectivity index (χ2v) is 11.3. The number of para-hydroxylation sites is 1. The van der Waals surface area contributed by atoms with Crippen molar-refractivity contribution in [1.29, 1.82) is 0 Å². The molecule has 0 aliphatic carbocycles. The van der Waals surface area contributed by atoms with E-state index in [1.165, 1.54) is 42.5 Å². The number of benzene rings is 3. The number of fused-ring (bicyclic) bond motifs is 1. The fraction of sp³-hybridized carbons (Fsp3) is 0.241. The Morgan fingerprint density at radius 2 is 1.69 bits per heavy atom. The van der Waals surface area contributed by atoms with Crippen molar-refractivity contribution in [1.82, 2.24) is 9.21 Å². The first-order valence-electron chi connectivity index (χ1n) is 12.6. The zero-order valence-electron chi connectivity index (χ0n) is 22.3. The number of hydrogen-bond acceptors (Lipinski definition) is 6. The Labute approximate surface area is 238 Å². The Morgan fingerprint density at radius 1 is 0.976 bits per heavy atom. The van der Waals surface area contributed by atoms with Crippen molar-refractivity contribution in [3.63, 3.8) is 0 Å². The smallest absolute Gasteiger partial charge is 0.416 e. The molecule has 0 saturated carbocycles. The van der Waals surface area contributed by atoms with Crippen LogP contribution in [0.3, 0.4) is 0 Å². The number of rotatable bonds is 11. The van der Waals surface area contributed by atoms with Gasteiger partial charge in [-0.2, -0.15) is 17.5 Å². The summed E-state index contributed by atoms with van der Waals surface area (Å²) in [5.41, 5.74) is -0.642. The molecular formula is C29H26F4N2O6S. The van der Waals surface area contributed by atoms with Crippen LogP contribution in [-0.2, 0) is 38.8 Å². The van der Waals surface area contributed by atoms with Crippen molar-refractivity contribution in [2.24, 2.45) is 0 Å². The zero-order chi connectivity index (χ0) is 30.5. The maximum Gasteiger partial charge on any atom is 0.416 e. The molecule has 42 heavy (non-hydrogen) atoms. The van der Waals surface area contributed by atoms with E-state index in [0.717, 1.165) is 22.5 Å². The molecule has 0 fully saturated rings. The lowest BCUT2D eigenvalue weighted by Gasteiger charge is -2.27. The molecule has 0 N–H and O–H groups in total. The van der Waals surface area contributed by atoms with Gasteiger partial charge in [0, 0.05) is 20.2 Å². The van der Waals surface area contributed by atoms with Gasteiger partial charge in [-0.05, 0) is 48.0 Å². The molecule has 1 heterocycles. The van der Waals surface area contributed by atoms with Gasteiger partial charge in [0.05, 0.1) is 47.4 Å². The Hall–Kier alpha value is -4.07. The summed E-state index contributed by atoms with van der Waals surface area (Å²) >= 11 is 0. The Bertz CT molecular complexity index is 1720. The number of sulfonamides is 1. The summed E-state index contributed by atoms with van der Waals surface area (Å²) in [6.07, 6.45) is -3.58. The highest BCUT2D eigenvalue weighted by Crippen LogP contribution is 2.31. The summed E-state index contributed by atoms with van der Waals surface area (Å²) < 4.78 is 91.6. The monoisotopic (exact) mass is 606 g/mol. The average molecular weight is 607 g/mol. The van der Waals surface area contributed by atoms with Gasteiger partial charge in [0.25, 0.3) is 0 Å². The largest absolute Gasteiger partial charge is 0.464 e. The topological polar surface area (TPSA) is 97.1 Å². The van der Waals surface area contributed by atoms with Gasteiger partial charge < -0.3 is 14.1 Å². The minimum Gasteiger partial charge on any atom is -0.464 e. The molecule has 8 nitrogen and oxygen atoms in total. The van der Waals surface area contributed by atoms with Gasteiger partial charge in [-0.15, -0.1) is 0 Å². The van der Waals surface area contributed by atoms with E-state index >= 15 is 0 Å². The van der Waals surface area contributed by atoms with Crippen LogP contribution in [-0.4, -0.2) is 50.3 Å². The van der Waals surface area contributed by atoms with E-state index in [-0.39, 0.29) is 37.2 Å². The number of carbonyl (C=O) groups excluding carboxylic acids is 1. The molecule has 0 aliphatic rings. The molecule has 1 aromatic heterocycles. The highest BCUT2D eigenvalue weighted by Gasteiger charge is 2.34. The molecule has 1 amide bonds. The summed E-state index contributed by atoms with van der Waals surface area (Å²) in [5, 5.41) is 0.276. The quantitative estimate of drug-likeness (QED) is 0.227. The van der Waals surface area contributed by atoms with Crippen molar-refractivity contribution >= 4 is 26.9 Å². The van der Waals surface area contributed by atoms with E-state index in [4.69, 9.17) is 9.15 Å². The minimum absolute atomic E-state index is 0.105. The predicted octanol–water partition coefficient (Wildman–Crippen LogP) is 4.82. The molecule has 0 bridgehead atoms. The molecule has 0 aliphatic heterocycles. The molecule has 0 unspecified atom stereocenters. The third-order valence-corrected chi connectivity index (χ3v) is 8.25. The molecule has 13 heteroatoms. The summed E-state index contributed by atoms with van der Waals surface area (Å²) in [5.74, 6) is -1.27. The number of hydrogen-bond donors (Lipinski definition) is 0. The van der Waals surface area contributed by atoms with E-state index in [1.54, 1.807) is 24.3 Å². The Balaban J connectivity index is 1.68. The molecule has 4 aromatic rings. The molecule has 222 valence electrons. The van der Waals surface area contributed by atoms with Crippen LogP contribution in [0.25, 0.3) is 11.0 Å². The Kier molecular flexibility index (Phi) is 9.44. The second-order valence-electron chi connectivity index (χ2n) is 9.32. The number of methoxy groups -OCH3 is 1. The summed E-state index contributed by atoms with van der Waals surface area (Å²) in [6, 6.07) is 14.9. The van der Waals surface area contributed by atoms with E-state index < -0.39 is 50.4 Å². The molecule has 4 rings (SSSR count). The van der Waals surface area contributed by atoms with Crippen LogP contribution in [0, 0.1) is 5.82 Å². The van der Waals surface area contributed by atoms with Crippen LogP contribution >= 0.6 is 0 Å². The molecular weight excluding hydrogens is 580 g/mol. The number of alkyl halides is 3. The van der Waals surface area contributed by atoms with Crippen molar-refractivity contribution in [2.75, 3.05) is 26.8 Å². The number of halogens is 4.